The molecule has 2 rings (SSSR count). The molecule has 1 unspecified atom stereocenters. The van der Waals surface area contributed by atoms with Crippen LogP contribution in [0.4, 0.5) is 0 Å². The lowest BCUT2D eigenvalue weighted by atomic mass is 10.1. The van der Waals surface area contributed by atoms with Crippen LogP contribution in [-0.2, 0) is 0 Å². The molecule has 1 fully saturated rings. The highest BCUT2D eigenvalue weighted by Gasteiger charge is 2.26. The van der Waals surface area contributed by atoms with Gasteiger partial charge in [-0.3, -0.25) is 5.32 Å². The van der Waals surface area contributed by atoms with Gasteiger partial charge in [-0.15, -0.1) is 0 Å². The first-order valence-electron chi connectivity index (χ1n) is 4.81. The number of hydrogen-bond acceptors (Lipinski definition) is 2. The number of nitrogens with one attached hydrogen (secondary N) is 1. The first kappa shape index (κ1) is 9.62. The van der Waals surface area contributed by atoms with E-state index in [1.165, 1.54) is 5.56 Å². The Labute approximate surface area is 89.0 Å². The van der Waals surface area contributed by atoms with Crippen molar-refractivity contribution in [1.29, 1.82) is 0 Å². The van der Waals surface area contributed by atoms with E-state index in [9.17, 15) is 5.11 Å². The van der Waals surface area contributed by atoms with E-state index in [1.807, 2.05) is 18.2 Å². The average molecular weight is 207 g/mol. The van der Waals surface area contributed by atoms with Gasteiger partial charge in [-0.1, -0.05) is 30.3 Å². The highest BCUT2D eigenvalue weighted by atomic mass is 32.1. The molecule has 2 nitrogen and oxygen atoms in total. The molecule has 2 atom stereocenters. The molecular weight excluding hydrogens is 194 g/mol. The van der Waals surface area contributed by atoms with Crippen molar-refractivity contribution in [2.75, 3.05) is 0 Å². The molecule has 0 saturated carbocycles. The molecule has 0 aromatic heterocycles. The van der Waals surface area contributed by atoms with E-state index < -0.39 is 0 Å². The van der Waals surface area contributed by atoms with E-state index >= 15 is 0 Å². The molecule has 1 saturated heterocycles. The molecule has 74 valence electrons. The smallest absolute Gasteiger partial charge is 0.174 e. The van der Waals surface area contributed by atoms with Crippen molar-refractivity contribution in [1.82, 2.24) is 5.32 Å². The van der Waals surface area contributed by atoms with Crippen molar-refractivity contribution in [2.24, 2.45) is 0 Å². The number of aliphatic hydroxyl groups excluding tert-OH is 1. The fraction of sp³-hybridized carbons (Fsp3) is 0.364. The van der Waals surface area contributed by atoms with Crippen LogP contribution in [-0.4, -0.2) is 16.2 Å². The minimum absolute atomic E-state index is 0.00444. The molecule has 1 aliphatic heterocycles. The number of rotatable bonds is 2. The molecule has 1 heterocycles. The molecule has 0 aliphatic carbocycles. The summed E-state index contributed by atoms with van der Waals surface area (Å²) in [6, 6.07) is 10.6. The lowest BCUT2D eigenvalue weighted by molar-refractivity contribution is 0.507. The summed E-state index contributed by atoms with van der Waals surface area (Å²) in [5.41, 5.74) is 1.27. The molecule has 1 aromatic rings. The van der Waals surface area contributed by atoms with E-state index in [1.54, 1.807) is 0 Å². The summed E-state index contributed by atoms with van der Waals surface area (Å²) in [5, 5.41) is 12.6. The molecular formula is C11H13NOS. The zero-order chi connectivity index (χ0) is 9.97. The first-order valence-corrected chi connectivity index (χ1v) is 5.22. The highest BCUT2D eigenvalue weighted by Crippen LogP contribution is 2.26. The van der Waals surface area contributed by atoms with E-state index in [-0.39, 0.29) is 11.1 Å². The Bertz CT molecular complexity index is 325. The normalized spacial score (nSPS) is 26.3. The monoisotopic (exact) mass is 207 g/mol. The largest absolute Gasteiger partial charge is 0.501 e. The molecule has 3 heteroatoms. The van der Waals surface area contributed by atoms with Crippen LogP contribution in [0.2, 0.25) is 0 Å². The maximum atomic E-state index is 9.19. The average Bonchev–Trinajstić information content (AvgIpc) is 2.68. The van der Waals surface area contributed by atoms with Gasteiger partial charge in [0.15, 0.2) is 5.05 Å². The summed E-state index contributed by atoms with van der Waals surface area (Å²) in [6.07, 6.45) is 1.96. The van der Waals surface area contributed by atoms with Crippen molar-refractivity contribution in [2.45, 2.75) is 24.9 Å². The summed E-state index contributed by atoms with van der Waals surface area (Å²) in [5.74, 6) is 0. The van der Waals surface area contributed by atoms with E-state index in [0.717, 1.165) is 12.8 Å². The highest BCUT2D eigenvalue weighted by molar-refractivity contribution is 7.80. The van der Waals surface area contributed by atoms with Gasteiger partial charge in [0.25, 0.3) is 0 Å². The molecule has 0 bridgehead atoms. The third-order valence-corrected chi connectivity index (χ3v) is 2.93. The second kappa shape index (κ2) is 4.07. The number of thiocarbonyl (C=S) groups is 1. The molecule has 1 aliphatic rings. The van der Waals surface area contributed by atoms with Crippen LogP contribution in [0, 0.1) is 0 Å². The van der Waals surface area contributed by atoms with Gasteiger partial charge in [0.1, 0.15) is 0 Å². The Balaban J connectivity index is 2.06. The first-order chi connectivity index (χ1) is 6.77. The minimum atomic E-state index is -0.00444. The Morgan fingerprint density at radius 1 is 1.29 bits per heavy atom. The molecule has 0 radical (unpaired) electrons. The third-order valence-electron chi connectivity index (χ3n) is 2.65. The van der Waals surface area contributed by atoms with Crippen LogP contribution in [0.3, 0.4) is 0 Å². The summed E-state index contributed by atoms with van der Waals surface area (Å²) >= 11 is 4.75. The Morgan fingerprint density at radius 2 is 2.00 bits per heavy atom. The zero-order valence-corrected chi connectivity index (χ0v) is 8.63. The second-order valence-electron chi connectivity index (χ2n) is 3.60. The van der Waals surface area contributed by atoms with Crippen LogP contribution in [0.15, 0.2) is 30.3 Å². The summed E-state index contributed by atoms with van der Waals surface area (Å²) in [7, 11) is 0. The third kappa shape index (κ3) is 1.94. The maximum Gasteiger partial charge on any atom is 0.174 e. The van der Waals surface area contributed by atoms with Crippen LogP contribution in [0.25, 0.3) is 0 Å². The lowest BCUT2D eigenvalue weighted by Crippen LogP contribution is -2.30. The molecule has 0 spiro atoms. The van der Waals surface area contributed by atoms with Crippen molar-refractivity contribution >= 4 is 17.3 Å². The quantitative estimate of drug-likeness (QED) is 0.730. The molecule has 0 amide bonds. The predicted molar refractivity (Wildman–Crippen MR) is 60.6 cm³/mol. The second-order valence-corrected chi connectivity index (χ2v) is 4.02. The standard InChI is InChI=1S/C11H13NOS/c13-11(14)10-7-6-9(12-10)8-4-2-1-3-5-8/h1-5,9-10,12H,6-7H2,(H,13,14)/t9?,10-/m0/s1. The summed E-state index contributed by atoms with van der Waals surface area (Å²) < 4.78 is 0. The van der Waals surface area contributed by atoms with E-state index in [0.29, 0.717) is 6.04 Å². The maximum absolute atomic E-state index is 9.19. The van der Waals surface area contributed by atoms with Gasteiger partial charge in [0, 0.05) is 6.04 Å². The predicted octanol–water partition coefficient (Wildman–Crippen LogP) is 2.37. The molecule has 1 aromatic carbocycles. The summed E-state index contributed by atoms with van der Waals surface area (Å²) in [6.45, 7) is 0. The Morgan fingerprint density at radius 3 is 2.57 bits per heavy atom. The number of hydrogen-bond donors (Lipinski definition) is 2. The van der Waals surface area contributed by atoms with Crippen LogP contribution in [0.1, 0.15) is 24.4 Å². The molecule has 14 heavy (non-hydrogen) atoms. The van der Waals surface area contributed by atoms with Crippen LogP contribution >= 0.6 is 12.2 Å². The van der Waals surface area contributed by atoms with Gasteiger partial charge in [-0.2, -0.15) is 0 Å². The Hall–Kier alpha value is -0.930. The SMILES string of the molecule is OC(=S)[C@@H]1CCC(c2ccccc2)N1. The zero-order valence-electron chi connectivity index (χ0n) is 7.81. The fourth-order valence-electron chi connectivity index (χ4n) is 1.89. The van der Waals surface area contributed by atoms with Gasteiger partial charge in [-0.25, -0.2) is 0 Å². The van der Waals surface area contributed by atoms with Gasteiger partial charge < -0.3 is 5.11 Å². The summed E-state index contributed by atoms with van der Waals surface area (Å²) in [4.78, 5) is 0. The fourth-order valence-corrected chi connectivity index (χ4v) is 2.07. The van der Waals surface area contributed by atoms with Gasteiger partial charge in [-0.05, 0) is 30.6 Å². The number of aliphatic hydroxyl groups is 1. The van der Waals surface area contributed by atoms with Gasteiger partial charge in [0.05, 0.1) is 6.04 Å². The van der Waals surface area contributed by atoms with E-state index in [2.05, 4.69) is 17.4 Å². The topological polar surface area (TPSA) is 32.3 Å². The van der Waals surface area contributed by atoms with Crippen molar-refractivity contribution in [3.05, 3.63) is 35.9 Å². The molecule has 2 N–H and O–H groups in total. The lowest BCUT2D eigenvalue weighted by Gasteiger charge is -2.12. The van der Waals surface area contributed by atoms with Crippen molar-refractivity contribution in [3.8, 4) is 0 Å². The number of benzene rings is 1. The van der Waals surface area contributed by atoms with Crippen LogP contribution < -0.4 is 5.32 Å². The minimum Gasteiger partial charge on any atom is -0.501 e. The van der Waals surface area contributed by atoms with Crippen molar-refractivity contribution < 1.29 is 5.11 Å². The van der Waals surface area contributed by atoms with E-state index in [4.69, 9.17) is 12.2 Å². The van der Waals surface area contributed by atoms with Crippen molar-refractivity contribution in [3.63, 3.8) is 0 Å². The van der Waals surface area contributed by atoms with Crippen LogP contribution in [0.5, 0.6) is 0 Å². The Kier molecular flexibility index (Phi) is 2.79. The van der Waals surface area contributed by atoms with Gasteiger partial charge >= 0.3 is 0 Å². The van der Waals surface area contributed by atoms with Gasteiger partial charge in [0.2, 0.25) is 0 Å².